The highest BCUT2D eigenvalue weighted by Crippen LogP contribution is 2.28. The largest absolute Gasteiger partial charge is 0.495 e. The van der Waals surface area contributed by atoms with Gasteiger partial charge in [-0.15, -0.1) is 0 Å². The summed E-state index contributed by atoms with van der Waals surface area (Å²) in [4.78, 5) is 30.1. The molecule has 0 atom stereocenters. The first-order valence-corrected chi connectivity index (χ1v) is 8.49. The van der Waals surface area contributed by atoms with Crippen LogP contribution in [0.3, 0.4) is 0 Å². The van der Waals surface area contributed by atoms with Gasteiger partial charge in [-0.2, -0.15) is 0 Å². The number of aromatic amines is 1. The zero-order chi connectivity index (χ0) is 18.1. The van der Waals surface area contributed by atoms with Crippen molar-refractivity contribution in [2.45, 2.75) is 13.0 Å². The minimum atomic E-state index is -0.655. The van der Waals surface area contributed by atoms with E-state index in [-0.39, 0.29) is 0 Å². The number of benzene rings is 2. The van der Waals surface area contributed by atoms with Gasteiger partial charge in [-0.3, -0.25) is 9.59 Å². The predicted octanol–water partition coefficient (Wildman–Crippen LogP) is 2.70. The molecule has 2 heterocycles. The number of aromatic nitrogens is 1. The average Bonchev–Trinajstić information content (AvgIpc) is 3.05. The molecule has 0 radical (unpaired) electrons. The lowest BCUT2D eigenvalue weighted by Crippen LogP contribution is -2.42. The lowest BCUT2D eigenvalue weighted by molar-refractivity contribution is -0.143. The number of rotatable bonds is 2. The maximum absolute atomic E-state index is 12.6. The molecule has 0 unspecified atom stereocenters. The van der Waals surface area contributed by atoms with Gasteiger partial charge >= 0.3 is 11.8 Å². The molecule has 0 fully saturated rings. The Morgan fingerprint density at radius 2 is 1.88 bits per heavy atom. The summed E-state index contributed by atoms with van der Waals surface area (Å²) in [5.74, 6) is -0.671. The fourth-order valence-electron chi connectivity index (χ4n) is 3.41. The maximum atomic E-state index is 12.6. The lowest BCUT2D eigenvalue weighted by atomic mass is 10.0. The Kier molecular flexibility index (Phi) is 4.08. The molecule has 4 rings (SSSR count). The molecule has 1 aromatic heterocycles. The van der Waals surface area contributed by atoms with Gasteiger partial charge in [-0.1, -0.05) is 30.3 Å². The summed E-state index contributed by atoms with van der Waals surface area (Å²) in [5.41, 5.74) is 3.77. The Hall–Kier alpha value is -3.28. The van der Waals surface area contributed by atoms with E-state index in [4.69, 9.17) is 4.74 Å². The van der Waals surface area contributed by atoms with Crippen LogP contribution in [-0.4, -0.2) is 35.4 Å². The number of anilines is 1. The van der Waals surface area contributed by atoms with Crippen LogP contribution in [0, 0.1) is 0 Å². The molecule has 26 heavy (non-hydrogen) atoms. The van der Waals surface area contributed by atoms with Crippen molar-refractivity contribution in [2.24, 2.45) is 0 Å². The third kappa shape index (κ3) is 2.79. The Morgan fingerprint density at radius 1 is 1.12 bits per heavy atom. The monoisotopic (exact) mass is 349 g/mol. The van der Waals surface area contributed by atoms with E-state index in [0.717, 1.165) is 22.2 Å². The number of nitrogens with one attached hydrogen (secondary N) is 2. The molecule has 0 saturated carbocycles. The van der Waals surface area contributed by atoms with Crippen molar-refractivity contribution in [3.63, 3.8) is 0 Å². The summed E-state index contributed by atoms with van der Waals surface area (Å²) in [6.45, 7) is 0.940. The molecule has 2 N–H and O–H groups in total. The first-order valence-electron chi connectivity index (χ1n) is 8.49. The molecule has 0 spiro atoms. The zero-order valence-electron chi connectivity index (χ0n) is 14.4. The third-order valence-corrected chi connectivity index (χ3v) is 4.72. The van der Waals surface area contributed by atoms with Gasteiger partial charge in [-0.05, 0) is 18.2 Å². The number of nitrogens with zero attached hydrogens (tertiary/aromatic N) is 1. The Balaban J connectivity index is 1.53. The second-order valence-electron chi connectivity index (χ2n) is 6.26. The normalized spacial score (nSPS) is 13.3. The number of amides is 2. The fraction of sp³-hybridized carbons (Fsp3) is 0.200. The number of methoxy groups -OCH3 is 1. The lowest BCUT2D eigenvalue weighted by Gasteiger charge is -2.26. The Labute approximate surface area is 150 Å². The maximum Gasteiger partial charge on any atom is 0.314 e. The van der Waals surface area contributed by atoms with Gasteiger partial charge in [0.1, 0.15) is 5.75 Å². The number of fused-ring (bicyclic) bond motifs is 3. The van der Waals surface area contributed by atoms with Crippen molar-refractivity contribution in [2.75, 3.05) is 19.0 Å². The van der Waals surface area contributed by atoms with Crippen LogP contribution in [0.15, 0.2) is 48.5 Å². The van der Waals surface area contributed by atoms with Gasteiger partial charge in [0.25, 0.3) is 0 Å². The van der Waals surface area contributed by atoms with Gasteiger partial charge in [0, 0.05) is 41.7 Å². The van der Waals surface area contributed by atoms with E-state index in [1.807, 2.05) is 24.3 Å². The summed E-state index contributed by atoms with van der Waals surface area (Å²) in [6.07, 6.45) is 0.706. The highest BCUT2D eigenvalue weighted by Gasteiger charge is 2.28. The second kappa shape index (κ2) is 6.55. The number of hydrogen-bond acceptors (Lipinski definition) is 3. The summed E-state index contributed by atoms with van der Waals surface area (Å²) in [5, 5.41) is 3.75. The van der Waals surface area contributed by atoms with Crippen molar-refractivity contribution in [1.29, 1.82) is 0 Å². The molecule has 132 valence electrons. The van der Waals surface area contributed by atoms with Crippen molar-refractivity contribution < 1.29 is 14.3 Å². The molecule has 6 heteroatoms. The number of carbonyl (C=O) groups excluding carboxylic acids is 2. The van der Waals surface area contributed by atoms with Crippen LogP contribution < -0.4 is 10.1 Å². The van der Waals surface area contributed by atoms with Crippen LogP contribution >= 0.6 is 0 Å². The van der Waals surface area contributed by atoms with Gasteiger partial charge in [0.2, 0.25) is 0 Å². The molecule has 1 aliphatic rings. The highest BCUT2D eigenvalue weighted by atomic mass is 16.5. The molecule has 0 saturated heterocycles. The molecule has 2 aromatic carbocycles. The van der Waals surface area contributed by atoms with E-state index in [1.54, 1.807) is 29.2 Å². The van der Waals surface area contributed by atoms with Crippen molar-refractivity contribution >= 4 is 28.4 Å². The molecule has 3 aromatic rings. The van der Waals surface area contributed by atoms with Crippen LogP contribution in [0.1, 0.15) is 11.3 Å². The van der Waals surface area contributed by atoms with Crippen LogP contribution in [0.2, 0.25) is 0 Å². The summed E-state index contributed by atoms with van der Waals surface area (Å²) in [7, 11) is 1.52. The van der Waals surface area contributed by atoms with Crippen molar-refractivity contribution in [3.05, 3.63) is 59.8 Å². The van der Waals surface area contributed by atoms with Gasteiger partial charge in [-0.25, -0.2) is 0 Å². The Bertz CT molecular complexity index is 993. The number of hydrogen-bond donors (Lipinski definition) is 2. The average molecular weight is 349 g/mol. The van der Waals surface area contributed by atoms with E-state index in [9.17, 15) is 9.59 Å². The van der Waals surface area contributed by atoms with Crippen molar-refractivity contribution in [3.8, 4) is 5.75 Å². The quantitative estimate of drug-likeness (QED) is 0.699. The van der Waals surface area contributed by atoms with E-state index in [2.05, 4.69) is 10.3 Å². The van der Waals surface area contributed by atoms with Gasteiger partial charge in [0.15, 0.2) is 0 Å². The fourth-order valence-corrected chi connectivity index (χ4v) is 3.41. The molecule has 0 aliphatic carbocycles. The topological polar surface area (TPSA) is 74.4 Å². The number of para-hydroxylation sites is 3. The first kappa shape index (κ1) is 16.2. The number of H-pyrrole nitrogens is 1. The highest BCUT2D eigenvalue weighted by molar-refractivity contribution is 6.39. The van der Waals surface area contributed by atoms with E-state index in [1.165, 1.54) is 7.11 Å². The van der Waals surface area contributed by atoms with Crippen LogP contribution in [0.25, 0.3) is 10.9 Å². The second-order valence-corrected chi connectivity index (χ2v) is 6.26. The minimum absolute atomic E-state index is 0.428. The Morgan fingerprint density at radius 3 is 2.73 bits per heavy atom. The summed E-state index contributed by atoms with van der Waals surface area (Å²) < 4.78 is 5.21. The zero-order valence-corrected chi connectivity index (χ0v) is 14.4. The molecule has 1 aliphatic heterocycles. The van der Waals surface area contributed by atoms with Crippen molar-refractivity contribution in [1.82, 2.24) is 9.88 Å². The third-order valence-electron chi connectivity index (χ3n) is 4.72. The van der Waals surface area contributed by atoms with E-state index < -0.39 is 11.8 Å². The van der Waals surface area contributed by atoms with E-state index in [0.29, 0.717) is 30.9 Å². The SMILES string of the molecule is COc1ccccc1NC(=O)C(=O)N1CCc2[nH]c3ccccc3c2C1. The molecule has 2 amide bonds. The minimum Gasteiger partial charge on any atom is -0.495 e. The molecule has 0 bridgehead atoms. The summed E-state index contributed by atoms with van der Waals surface area (Å²) >= 11 is 0. The summed E-state index contributed by atoms with van der Waals surface area (Å²) in [6, 6.07) is 15.0. The van der Waals surface area contributed by atoms with Crippen LogP contribution in [0.5, 0.6) is 5.75 Å². The number of carbonyl (C=O) groups is 2. The number of ether oxygens (including phenoxy) is 1. The van der Waals surface area contributed by atoms with Gasteiger partial charge in [0.05, 0.1) is 12.8 Å². The molecule has 6 nitrogen and oxygen atoms in total. The van der Waals surface area contributed by atoms with Crippen LogP contribution in [0.4, 0.5) is 5.69 Å². The van der Waals surface area contributed by atoms with Crippen LogP contribution in [-0.2, 0) is 22.6 Å². The first-order chi connectivity index (χ1) is 12.7. The standard InChI is InChI=1S/C20H19N3O3/c1-26-18-9-5-4-8-17(18)22-19(24)20(25)23-11-10-16-14(12-23)13-6-2-3-7-15(13)21-16/h2-9,21H,10-12H2,1H3,(H,22,24). The van der Waals surface area contributed by atoms with E-state index >= 15 is 0 Å². The smallest absolute Gasteiger partial charge is 0.314 e. The predicted molar refractivity (Wildman–Crippen MR) is 99.0 cm³/mol. The molecular weight excluding hydrogens is 330 g/mol. The van der Waals surface area contributed by atoms with Gasteiger partial charge < -0.3 is 19.9 Å². The molecular formula is C20H19N3O3.